The van der Waals surface area contributed by atoms with Crippen molar-refractivity contribution in [2.75, 3.05) is 0 Å². The van der Waals surface area contributed by atoms with E-state index in [1.165, 1.54) is 6.07 Å². The van der Waals surface area contributed by atoms with E-state index in [0.717, 1.165) is 0 Å². The predicted octanol–water partition coefficient (Wildman–Crippen LogP) is 2.65. The van der Waals surface area contributed by atoms with Gasteiger partial charge in [-0.05, 0) is 23.9 Å². The Labute approximate surface area is 166 Å². The summed E-state index contributed by atoms with van der Waals surface area (Å²) < 4.78 is 5.84. The minimum absolute atomic E-state index is 0. The van der Waals surface area contributed by atoms with E-state index in [4.69, 9.17) is 4.42 Å². The van der Waals surface area contributed by atoms with Crippen LogP contribution in [-0.4, -0.2) is 5.48 Å². The van der Waals surface area contributed by atoms with Gasteiger partial charge in [-0.3, -0.25) is 0 Å². The molecule has 0 unspecified atom stereocenters. The van der Waals surface area contributed by atoms with E-state index in [0.29, 0.717) is 16.5 Å². The molecule has 2 N–H and O–H groups in total. The number of hydrogen-bond acceptors (Lipinski definition) is 4. The zero-order chi connectivity index (χ0) is 17.2. The molecule has 4 rings (SSSR count). The van der Waals surface area contributed by atoms with Crippen molar-refractivity contribution < 1.29 is 37.2 Å². The molecule has 0 aliphatic rings. The van der Waals surface area contributed by atoms with E-state index in [-0.39, 0.29) is 50.8 Å². The Morgan fingerprint density at radius 3 is 2.11 bits per heavy atom. The number of para-hydroxylation sites is 3. The summed E-state index contributed by atoms with van der Waals surface area (Å²) in [6.45, 7) is 0. The second-order valence-corrected chi connectivity index (χ2v) is 5.55. The van der Waals surface area contributed by atoms with Crippen molar-refractivity contribution in [2.45, 2.75) is 0 Å². The van der Waals surface area contributed by atoms with Gasteiger partial charge in [-0.2, -0.15) is 0 Å². The third kappa shape index (κ3) is 3.88. The molecule has 5 nitrogen and oxygen atoms in total. The molecule has 0 saturated carbocycles. The van der Waals surface area contributed by atoms with Crippen LogP contribution in [0, 0.1) is 0 Å². The first kappa shape index (κ1) is 20.3. The minimum Gasteiger partial charge on any atom is -0.871 e. The molecule has 0 saturated heterocycles. The zero-order valence-corrected chi connectivity index (χ0v) is 14.9. The van der Waals surface area contributed by atoms with Gasteiger partial charge in [0.1, 0.15) is 11.3 Å². The van der Waals surface area contributed by atoms with Crippen LogP contribution in [0.25, 0.3) is 22.3 Å². The molecule has 0 aliphatic heterocycles. The van der Waals surface area contributed by atoms with Crippen LogP contribution in [0.5, 0.6) is 11.5 Å². The standard InChI is InChI=1S/C21H15NO3.Cu.H2O/c23-17-12-6-5-11-16(17)22-19-15-10-4-7-13-18(15)25-21(20(19)24)14-8-2-1-3-9-14;;/h1-13,23-24H;;1H2/q;+2;/p-2. The number of nitrogens with zero attached hydrogens (tertiary/aromatic N) is 1. The monoisotopic (exact) mass is 408 g/mol. The Balaban J connectivity index is 0.00000131. The third-order valence-corrected chi connectivity index (χ3v) is 3.91. The largest absolute Gasteiger partial charge is 2.00 e. The molecule has 0 fully saturated rings. The Morgan fingerprint density at radius 1 is 0.741 bits per heavy atom. The van der Waals surface area contributed by atoms with Gasteiger partial charge in [0.05, 0.1) is 11.0 Å². The fourth-order valence-electron chi connectivity index (χ4n) is 2.70. The van der Waals surface area contributed by atoms with Crippen LogP contribution < -0.4 is 15.6 Å². The molecule has 6 heteroatoms. The van der Waals surface area contributed by atoms with Crippen molar-refractivity contribution in [1.82, 2.24) is 0 Å². The Bertz CT molecular complexity index is 1120. The van der Waals surface area contributed by atoms with Crippen LogP contribution in [0.1, 0.15) is 0 Å². The second kappa shape index (κ2) is 8.56. The molecule has 1 radical (unpaired) electrons. The zero-order valence-electron chi connectivity index (χ0n) is 14.0. The fourth-order valence-corrected chi connectivity index (χ4v) is 2.70. The van der Waals surface area contributed by atoms with E-state index < -0.39 is 0 Å². The van der Waals surface area contributed by atoms with Gasteiger partial charge in [0.2, 0.25) is 0 Å². The number of fused-ring (bicyclic) bond motifs is 1. The number of hydrogen-bond donors (Lipinski definition) is 0. The van der Waals surface area contributed by atoms with Crippen LogP contribution in [-0.2, 0) is 17.1 Å². The number of rotatable bonds is 2. The van der Waals surface area contributed by atoms with E-state index in [1.807, 2.05) is 30.3 Å². The van der Waals surface area contributed by atoms with Gasteiger partial charge in [-0.25, -0.2) is 4.99 Å². The van der Waals surface area contributed by atoms with Gasteiger partial charge < -0.3 is 20.1 Å². The van der Waals surface area contributed by atoms with Gasteiger partial charge in [0, 0.05) is 10.9 Å². The first-order valence-corrected chi connectivity index (χ1v) is 7.83. The Morgan fingerprint density at radius 2 is 1.37 bits per heavy atom. The van der Waals surface area contributed by atoms with Crippen molar-refractivity contribution in [2.24, 2.45) is 4.99 Å². The quantitative estimate of drug-likeness (QED) is 0.476. The first-order valence-electron chi connectivity index (χ1n) is 7.83. The van der Waals surface area contributed by atoms with Crippen LogP contribution in [0.2, 0.25) is 0 Å². The van der Waals surface area contributed by atoms with Crippen LogP contribution in [0.3, 0.4) is 0 Å². The van der Waals surface area contributed by atoms with Gasteiger partial charge in [0.15, 0.2) is 0 Å². The van der Waals surface area contributed by atoms with Crippen molar-refractivity contribution >= 4 is 16.7 Å². The van der Waals surface area contributed by atoms with E-state index in [1.54, 1.807) is 42.5 Å². The van der Waals surface area contributed by atoms with Crippen molar-refractivity contribution in [1.29, 1.82) is 0 Å². The average molecular weight is 409 g/mol. The van der Waals surface area contributed by atoms with Gasteiger partial charge in [-0.15, -0.1) is 0 Å². The summed E-state index contributed by atoms with van der Waals surface area (Å²) in [6.07, 6.45) is 0. The summed E-state index contributed by atoms with van der Waals surface area (Å²) in [7, 11) is 0. The van der Waals surface area contributed by atoms with Crippen LogP contribution in [0.15, 0.2) is 88.3 Å². The molecule has 1 heterocycles. The van der Waals surface area contributed by atoms with E-state index in [2.05, 4.69) is 4.99 Å². The molecule has 3 aromatic carbocycles. The van der Waals surface area contributed by atoms with Gasteiger partial charge in [-0.1, -0.05) is 66.4 Å². The topological polar surface area (TPSA) is 103 Å². The van der Waals surface area contributed by atoms with Crippen molar-refractivity contribution in [3.05, 3.63) is 84.2 Å². The number of benzene rings is 3. The molecule has 0 spiro atoms. The summed E-state index contributed by atoms with van der Waals surface area (Å²) in [4.78, 5) is 4.37. The first-order chi connectivity index (χ1) is 12.2. The molecule has 139 valence electrons. The van der Waals surface area contributed by atoms with Gasteiger partial charge in [0.25, 0.3) is 0 Å². The smallest absolute Gasteiger partial charge is 0.871 e. The summed E-state index contributed by atoms with van der Waals surface area (Å²) in [5.41, 5.74) is 1.45. The maximum absolute atomic E-state index is 13.0. The maximum Gasteiger partial charge on any atom is 2.00 e. The van der Waals surface area contributed by atoms with E-state index >= 15 is 0 Å². The maximum atomic E-state index is 13.0. The second-order valence-electron chi connectivity index (χ2n) is 5.55. The molecular weight excluding hydrogens is 394 g/mol. The molecule has 0 atom stereocenters. The third-order valence-electron chi connectivity index (χ3n) is 3.91. The van der Waals surface area contributed by atoms with Crippen molar-refractivity contribution in [3.8, 4) is 22.8 Å². The van der Waals surface area contributed by atoms with E-state index in [9.17, 15) is 10.2 Å². The predicted molar refractivity (Wildman–Crippen MR) is 95.8 cm³/mol. The molecule has 0 bridgehead atoms. The fraction of sp³-hybridized carbons (Fsp3) is 0. The summed E-state index contributed by atoms with van der Waals surface area (Å²) in [5.74, 6) is -0.359. The SMILES string of the molecule is O.[Cu+2].[O-]c1ccccc1N=c1c([O-])c(-c2ccccc2)oc2ccccc12. The molecule has 27 heavy (non-hydrogen) atoms. The molecule has 0 aliphatic carbocycles. The molecule has 4 aromatic rings. The normalized spacial score (nSPS) is 10.9. The Hall–Kier alpha value is -3.05. The Kier molecular flexibility index (Phi) is 6.42. The molecular formula is C21H15CuNO4. The minimum atomic E-state index is -0.340. The average Bonchev–Trinajstić information content (AvgIpc) is 2.66. The van der Waals surface area contributed by atoms with Crippen LogP contribution >= 0.6 is 0 Å². The van der Waals surface area contributed by atoms with Gasteiger partial charge >= 0.3 is 17.1 Å². The summed E-state index contributed by atoms with van der Waals surface area (Å²) in [5, 5.41) is 25.8. The van der Waals surface area contributed by atoms with Crippen LogP contribution in [0.4, 0.5) is 5.69 Å². The molecule has 1 aromatic heterocycles. The summed E-state index contributed by atoms with van der Waals surface area (Å²) in [6, 6.07) is 22.7. The van der Waals surface area contributed by atoms with Crippen molar-refractivity contribution in [3.63, 3.8) is 0 Å². The summed E-state index contributed by atoms with van der Waals surface area (Å²) >= 11 is 0. The molecule has 0 amide bonds.